The highest BCUT2D eigenvalue weighted by Gasteiger charge is 2.27. The third-order valence-electron chi connectivity index (χ3n) is 5.34. The Bertz CT molecular complexity index is 959. The number of benzene rings is 1. The topological polar surface area (TPSA) is 102 Å². The Labute approximate surface area is 200 Å². The molecule has 3 rings (SSSR count). The summed E-state index contributed by atoms with van der Waals surface area (Å²) in [7, 11) is 1.61. The molecule has 1 fully saturated rings. The van der Waals surface area contributed by atoms with Gasteiger partial charge < -0.3 is 19.7 Å². The molecule has 0 radical (unpaired) electrons. The largest absolute Gasteiger partial charge is 0.497 e. The quantitative estimate of drug-likeness (QED) is 0.562. The van der Waals surface area contributed by atoms with Crippen LogP contribution in [-0.2, 0) is 16.2 Å². The Morgan fingerprint density at radius 1 is 1.18 bits per heavy atom. The number of likely N-dealkylation sites (tertiary alicyclic amines) is 1. The number of ether oxygens (including phenoxy) is 2. The minimum absolute atomic E-state index is 0.224. The number of nitrogens with one attached hydrogen (secondary N) is 2. The van der Waals surface area contributed by atoms with Crippen molar-refractivity contribution in [3.8, 4) is 5.75 Å². The number of methoxy groups -OCH3 is 1. The molecule has 0 bridgehead atoms. The van der Waals surface area contributed by atoms with E-state index in [9.17, 15) is 9.59 Å². The molecule has 9 heteroatoms. The average Bonchev–Trinajstić information content (AvgIpc) is 2.82. The lowest BCUT2D eigenvalue weighted by Gasteiger charge is -2.34. The van der Waals surface area contributed by atoms with E-state index < -0.39 is 5.60 Å². The highest BCUT2D eigenvalue weighted by Crippen LogP contribution is 2.21. The summed E-state index contributed by atoms with van der Waals surface area (Å²) in [6.07, 6.45) is 3.22. The van der Waals surface area contributed by atoms with E-state index >= 15 is 0 Å². The fraction of sp³-hybridized carbons (Fsp3) is 0.480. The van der Waals surface area contributed by atoms with Crippen molar-refractivity contribution in [2.75, 3.05) is 32.1 Å². The number of hydrogen-bond acceptors (Lipinski definition) is 7. The standard InChI is InChI=1S/C25H34N4O5/c1-25(2,3)34-24(31)29-14-6-7-19(16-29)15-27-22-21(8-5-13-26-22)23(30)28-33-17-18-9-11-20(32-4)12-10-18/h5,8-13,19H,6-7,14-17H2,1-4H3,(H,26,27)(H,28,30). The minimum atomic E-state index is -0.520. The maximum absolute atomic E-state index is 12.7. The minimum Gasteiger partial charge on any atom is -0.497 e. The van der Waals surface area contributed by atoms with E-state index in [0.29, 0.717) is 31.0 Å². The molecule has 2 amide bonds. The van der Waals surface area contributed by atoms with Crippen molar-refractivity contribution in [1.82, 2.24) is 15.4 Å². The van der Waals surface area contributed by atoms with Crippen LogP contribution in [0.5, 0.6) is 5.75 Å². The third-order valence-corrected chi connectivity index (χ3v) is 5.34. The number of hydrogen-bond donors (Lipinski definition) is 2. The van der Waals surface area contributed by atoms with E-state index in [4.69, 9.17) is 14.3 Å². The fourth-order valence-electron chi connectivity index (χ4n) is 3.66. The Hall–Kier alpha value is -3.33. The van der Waals surface area contributed by atoms with Crippen molar-refractivity contribution in [1.29, 1.82) is 0 Å². The molecular formula is C25H34N4O5. The van der Waals surface area contributed by atoms with Crippen molar-refractivity contribution in [2.24, 2.45) is 5.92 Å². The number of carbonyl (C=O) groups excluding carboxylic acids is 2. The van der Waals surface area contributed by atoms with Gasteiger partial charge in [-0.1, -0.05) is 12.1 Å². The van der Waals surface area contributed by atoms with Gasteiger partial charge in [0.2, 0.25) is 0 Å². The molecule has 0 aliphatic carbocycles. The lowest BCUT2D eigenvalue weighted by molar-refractivity contribution is 0.0172. The Morgan fingerprint density at radius 2 is 1.94 bits per heavy atom. The van der Waals surface area contributed by atoms with E-state index in [-0.39, 0.29) is 24.5 Å². The molecule has 184 valence electrons. The highest BCUT2D eigenvalue weighted by atomic mass is 16.6. The molecule has 2 aromatic rings. The van der Waals surface area contributed by atoms with E-state index in [1.165, 1.54) is 0 Å². The average molecular weight is 471 g/mol. The summed E-state index contributed by atoms with van der Waals surface area (Å²) in [6.45, 7) is 7.69. The zero-order valence-electron chi connectivity index (χ0n) is 20.3. The molecule has 2 N–H and O–H groups in total. The summed E-state index contributed by atoms with van der Waals surface area (Å²) in [4.78, 5) is 36.5. The first kappa shape index (κ1) is 25.3. The summed E-state index contributed by atoms with van der Waals surface area (Å²) < 4.78 is 10.6. The van der Waals surface area contributed by atoms with Gasteiger partial charge in [0.25, 0.3) is 5.91 Å². The first-order valence-corrected chi connectivity index (χ1v) is 11.5. The van der Waals surface area contributed by atoms with Gasteiger partial charge in [0.15, 0.2) is 0 Å². The summed E-state index contributed by atoms with van der Waals surface area (Å²) in [6, 6.07) is 10.8. The van der Waals surface area contributed by atoms with Gasteiger partial charge >= 0.3 is 6.09 Å². The number of anilines is 1. The van der Waals surface area contributed by atoms with Crippen LogP contribution in [0.2, 0.25) is 0 Å². The van der Waals surface area contributed by atoms with E-state index in [2.05, 4.69) is 15.8 Å². The van der Waals surface area contributed by atoms with Gasteiger partial charge in [-0.3, -0.25) is 9.63 Å². The lowest BCUT2D eigenvalue weighted by Crippen LogP contribution is -2.44. The molecular weight excluding hydrogens is 436 g/mol. The van der Waals surface area contributed by atoms with Crippen molar-refractivity contribution in [2.45, 2.75) is 45.8 Å². The molecule has 1 aliphatic rings. The van der Waals surface area contributed by atoms with Gasteiger partial charge in [-0.15, -0.1) is 0 Å². The van der Waals surface area contributed by atoms with E-state index in [1.54, 1.807) is 30.3 Å². The van der Waals surface area contributed by atoms with Crippen LogP contribution < -0.4 is 15.5 Å². The third kappa shape index (κ3) is 7.62. The SMILES string of the molecule is COc1ccc(CONC(=O)c2cccnc2NCC2CCCN(C(=O)OC(C)(C)C)C2)cc1. The second-order valence-corrected chi connectivity index (χ2v) is 9.28. The number of rotatable bonds is 8. The second-order valence-electron chi connectivity index (χ2n) is 9.28. The summed E-state index contributed by atoms with van der Waals surface area (Å²) in [5, 5.41) is 3.27. The number of nitrogens with zero attached hydrogens (tertiary/aromatic N) is 2. The normalized spacial score (nSPS) is 16.0. The predicted molar refractivity (Wildman–Crippen MR) is 129 cm³/mol. The zero-order valence-corrected chi connectivity index (χ0v) is 20.3. The van der Waals surface area contributed by atoms with Gasteiger partial charge in [-0.05, 0) is 69.4 Å². The van der Waals surface area contributed by atoms with Gasteiger partial charge in [-0.25, -0.2) is 15.3 Å². The van der Waals surface area contributed by atoms with Gasteiger partial charge in [0.1, 0.15) is 17.2 Å². The smallest absolute Gasteiger partial charge is 0.410 e. The molecule has 1 aromatic heterocycles. The molecule has 1 saturated heterocycles. The zero-order chi connectivity index (χ0) is 24.6. The molecule has 34 heavy (non-hydrogen) atoms. The van der Waals surface area contributed by atoms with Crippen LogP contribution in [0.3, 0.4) is 0 Å². The molecule has 9 nitrogen and oxygen atoms in total. The number of amides is 2. The van der Waals surface area contributed by atoms with Gasteiger partial charge in [0, 0.05) is 25.8 Å². The Morgan fingerprint density at radius 3 is 2.65 bits per heavy atom. The summed E-state index contributed by atoms with van der Waals surface area (Å²) >= 11 is 0. The maximum atomic E-state index is 12.7. The van der Waals surface area contributed by atoms with Crippen LogP contribution >= 0.6 is 0 Å². The van der Waals surface area contributed by atoms with Crippen molar-refractivity contribution in [3.63, 3.8) is 0 Å². The molecule has 1 aromatic carbocycles. The number of pyridine rings is 1. The first-order chi connectivity index (χ1) is 16.2. The van der Waals surface area contributed by atoms with Crippen LogP contribution in [0.4, 0.5) is 10.6 Å². The summed E-state index contributed by atoms with van der Waals surface area (Å²) in [5.41, 5.74) is 3.25. The van der Waals surface area contributed by atoms with Crippen LogP contribution in [0.1, 0.15) is 49.5 Å². The fourth-order valence-corrected chi connectivity index (χ4v) is 3.66. The molecule has 1 atom stereocenters. The second kappa shape index (κ2) is 11.7. The highest BCUT2D eigenvalue weighted by molar-refractivity contribution is 5.98. The molecule has 2 heterocycles. The number of carbonyl (C=O) groups is 2. The molecule has 0 saturated carbocycles. The van der Waals surface area contributed by atoms with Crippen LogP contribution in [0.15, 0.2) is 42.6 Å². The lowest BCUT2D eigenvalue weighted by atomic mass is 9.98. The van der Waals surface area contributed by atoms with Gasteiger partial charge in [0.05, 0.1) is 19.3 Å². The Kier molecular flexibility index (Phi) is 8.70. The number of piperidine rings is 1. The monoisotopic (exact) mass is 470 g/mol. The van der Waals surface area contributed by atoms with Crippen LogP contribution in [0.25, 0.3) is 0 Å². The maximum Gasteiger partial charge on any atom is 0.410 e. The van der Waals surface area contributed by atoms with E-state index in [1.807, 2.05) is 45.0 Å². The van der Waals surface area contributed by atoms with E-state index in [0.717, 1.165) is 24.2 Å². The number of hydroxylamine groups is 1. The molecule has 1 unspecified atom stereocenters. The van der Waals surface area contributed by atoms with Gasteiger partial charge in [-0.2, -0.15) is 0 Å². The van der Waals surface area contributed by atoms with Crippen molar-refractivity contribution >= 4 is 17.8 Å². The molecule has 1 aliphatic heterocycles. The number of aromatic nitrogens is 1. The Balaban J connectivity index is 1.51. The van der Waals surface area contributed by atoms with Crippen LogP contribution in [-0.4, -0.2) is 54.2 Å². The first-order valence-electron chi connectivity index (χ1n) is 11.5. The summed E-state index contributed by atoms with van der Waals surface area (Å²) in [5.74, 6) is 1.07. The van der Waals surface area contributed by atoms with Crippen molar-refractivity contribution < 1.29 is 23.9 Å². The van der Waals surface area contributed by atoms with Crippen molar-refractivity contribution in [3.05, 3.63) is 53.7 Å². The van der Waals surface area contributed by atoms with Crippen LogP contribution in [0, 0.1) is 5.92 Å². The predicted octanol–water partition coefficient (Wildman–Crippen LogP) is 4.01. The molecule has 0 spiro atoms.